The number of rotatable bonds is 14. The molecule has 0 atom stereocenters. The number of hydrogen-bond acceptors (Lipinski definition) is 10. The molecule has 0 saturated carbocycles. The summed E-state index contributed by atoms with van der Waals surface area (Å²) < 4.78 is 38.5. The second-order valence-corrected chi connectivity index (χ2v) is 12.4. The van der Waals surface area contributed by atoms with Crippen LogP contribution in [0.5, 0.6) is 0 Å². The van der Waals surface area contributed by atoms with Gasteiger partial charge in [-0.1, -0.05) is 30.3 Å². The largest absolute Gasteiger partial charge is 0.462 e. The van der Waals surface area contributed by atoms with E-state index in [0.717, 1.165) is 4.31 Å². The fraction of sp³-hybridized carbons (Fsp3) is 0.176. The Bertz CT molecular complexity index is 1960. The number of nitrogens with one attached hydrogen (secondary N) is 4. The summed E-state index contributed by atoms with van der Waals surface area (Å²) in [5, 5.41) is 11.3. The van der Waals surface area contributed by atoms with Crippen molar-refractivity contribution in [3.05, 3.63) is 114 Å². The summed E-state index contributed by atoms with van der Waals surface area (Å²) in [6.45, 7) is 2.45. The molecule has 260 valence electrons. The van der Waals surface area contributed by atoms with Gasteiger partial charge in [0.05, 0.1) is 36.4 Å². The van der Waals surface area contributed by atoms with Gasteiger partial charge in [0.2, 0.25) is 15.9 Å². The van der Waals surface area contributed by atoms with Crippen molar-refractivity contribution in [1.29, 1.82) is 0 Å². The lowest BCUT2D eigenvalue weighted by atomic mass is 10.2. The Hall–Kier alpha value is -6.13. The Morgan fingerprint density at radius 1 is 0.840 bits per heavy atom. The highest BCUT2D eigenvalue weighted by molar-refractivity contribution is 7.89. The number of furan rings is 1. The number of hydrazone groups is 1. The fourth-order valence-corrected chi connectivity index (χ4v) is 5.72. The molecule has 4 aromatic rings. The number of hydrogen-bond donors (Lipinski definition) is 4. The number of amides is 4. The number of anilines is 2. The topological polar surface area (TPSA) is 206 Å². The quantitative estimate of drug-likeness (QED) is 0.0659. The molecule has 50 heavy (non-hydrogen) atoms. The molecule has 0 saturated heterocycles. The van der Waals surface area contributed by atoms with E-state index < -0.39 is 40.3 Å². The molecule has 0 bridgehead atoms. The van der Waals surface area contributed by atoms with Crippen molar-refractivity contribution in [2.24, 2.45) is 5.10 Å². The molecule has 15 nitrogen and oxygen atoms in total. The van der Waals surface area contributed by atoms with Crippen LogP contribution in [0.4, 0.5) is 11.4 Å². The summed E-state index contributed by atoms with van der Waals surface area (Å²) in [5.74, 6) is -2.92. The molecule has 4 rings (SSSR count). The number of ether oxygens (including phenoxy) is 1. The minimum absolute atomic E-state index is 0.0730. The number of esters is 1. The third kappa shape index (κ3) is 10.7. The van der Waals surface area contributed by atoms with Gasteiger partial charge in [-0.3, -0.25) is 19.2 Å². The van der Waals surface area contributed by atoms with Crippen molar-refractivity contribution in [2.75, 3.05) is 23.8 Å². The number of carbonyl (C=O) groups is 5. The van der Waals surface area contributed by atoms with Crippen molar-refractivity contribution in [1.82, 2.24) is 15.0 Å². The maximum Gasteiger partial charge on any atom is 0.338 e. The molecule has 3 aromatic carbocycles. The van der Waals surface area contributed by atoms with Crippen LogP contribution in [0.2, 0.25) is 0 Å². The minimum Gasteiger partial charge on any atom is -0.462 e. The molecule has 0 aliphatic carbocycles. The lowest BCUT2D eigenvalue weighted by molar-refractivity contribution is -0.136. The molecule has 0 unspecified atom stereocenters. The molecule has 4 N–H and O–H groups in total. The highest BCUT2D eigenvalue weighted by Crippen LogP contribution is 2.21. The van der Waals surface area contributed by atoms with Crippen molar-refractivity contribution in [3.8, 4) is 0 Å². The van der Waals surface area contributed by atoms with Gasteiger partial charge in [-0.25, -0.2) is 18.6 Å². The summed E-state index contributed by atoms with van der Waals surface area (Å²) in [5.41, 5.74) is 3.95. The van der Waals surface area contributed by atoms with Crippen LogP contribution in [0.15, 0.2) is 105 Å². The van der Waals surface area contributed by atoms with Gasteiger partial charge >= 0.3 is 17.8 Å². The molecule has 0 spiro atoms. The lowest BCUT2D eigenvalue weighted by Gasteiger charge is -2.21. The molecule has 16 heteroatoms. The zero-order chi connectivity index (χ0) is 36.1. The first-order valence-electron chi connectivity index (χ1n) is 15.1. The number of sulfonamides is 1. The number of benzene rings is 3. The molecule has 0 aliphatic heterocycles. The van der Waals surface area contributed by atoms with E-state index in [4.69, 9.17) is 9.15 Å². The molecule has 1 heterocycles. The average Bonchev–Trinajstić information content (AvgIpc) is 3.55. The van der Waals surface area contributed by atoms with Crippen LogP contribution < -0.4 is 21.4 Å². The van der Waals surface area contributed by atoms with Crippen molar-refractivity contribution >= 4 is 57.2 Å². The Balaban J connectivity index is 1.30. The summed E-state index contributed by atoms with van der Waals surface area (Å²) >= 11 is 0. The fourth-order valence-electron chi connectivity index (χ4n) is 4.34. The predicted molar refractivity (Wildman–Crippen MR) is 182 cm³/mol. The van der Waals surface area contributed by atoms with E-state index in [0.29, 0.717) is 22.5 Å². The lowest BCUT2D eigenvalue weighted by Crippen LogP contribution is -2.39. The van der Waals surface area contributed by atoms with E-state index in [-0.39, 0.29) is 42.0 Å². The molecule has 4 amide bonds. The van der Waals surface area contributed by atoms with Gasteiger partial charge in [-0.15, -0.1) is 0 Å². The third-order valence-electron chi connectivity index (χ3n) is 6.68. The van der Waals surface area contributed by atoms with Crippen molar-refractivity contribution in [3.63, 3.8) is 0 Å². The first-order chi connectivity index (χ1) is 23.9. The van der Waals surface area contributed by atoms with Gasteiger partial charge in [0.25, 0.3) is 5.91 Å². The summed E-state index contributed by atoms with van der Waals surface area (Å²) in [6, 6.07) is 23.2. The van der Waals surface area contributed by atoms with Crippen LogP contribution in [0.1, 0.15) is 41.3 Å². The monoisotopic (exact) mass is 702 g/mol. The van der Waals surface area contributed by atoms with E-state index in [9.17, 15) is 32.4 Å². The average molecular weight is 703 g/mol. The molecule has 1 aromatic heterocycles. The molecule has 0 fully saturated rings. The minimum atomic E-state index is -4.15. The zero-order valence-corrected chi connectivity index (χ0v) is 27.9. The van der Waals surface area contributed by atoms with E-state index in [1.165, 1.54) is 73.8 Å². The van der Waals surface area contributed by atoms with Crippen LogP contribution in [0.3, 0.4) is 0 Å². The van der Waals surface area contributed by atoms with Crippen LogP contribution in [0.25, 0.3) is 0 Å². The standard InChI is InChI=1S/C34H34N6O9S/c1-3-48-34(45)25-9-11-27(12-10-25)38-33(44)32(43)35-19-28-15-16-29(49-28)20-36-39-31(42)22-40(21-24-7-5-4-6-8-24)50(46,47)30-17-13-26(14-18-30)37-23(2)41/h4-18,20H,3,19,21-22H2,1-2H3,(H,35,43)(H,37,41)(H,38,44)(H,39,42)/b36-20-. The Morgan fingerprint density at radius 2 is 1.50 bits per heavy atom. The van der Waals surface area contributed by atoms with Gasteiger partial charge in [-0.05, 0) is 73.2 Å². The van der Waals surface area contributed by atoms with E-state index in [2.05, 4.69) is 26.5 Å². The molecular formula is C34H34N6O9S. The number of carbonyl (C=O) groups excluding carboxylic acids is 5. The normalized spacial score (nSPS) is 11.2. The Kier molecular flexibility index (Phi) is 12.7. The highest BCUT2D eigenvalue weighted by Gasteiger charge is 2.27. The van der Waals surface area contributed by atoms with Crippen LogP contribution in [-0.2, 0) is 47.0 Å². The van der Waals surface area contributed by atoms with E-state index >= 15 is 0 Å². The molecular weight excluding hydrogens is 668 g/mol. The molecule has 0 radical (unpaired) electrons. The summed E-state index contributed by atoms with van der Waals surface area (Å²) in [4.78, 5) is 60.4. The summed E-state index contributed by atoms with van der Waals surface area (Å²) in [7, 11) is -4.15. The first-order valence-corrected chi connectivity index (χ1v) is 16.6. The van der Waals surface area contributed by atoms with Gasteiger partial charge in [-0.2, -0.15) is 9.41 Å². The molecule has 0 aliphatic rings. The van der Waals surface area contributed by atoms with Gasteiger partial charge in [0.1, 0.15) is 11.5 Å². The smallest absolute Gasteiger partial charge is 0.338 e. The maximum atomic E-state index is 13.5. The predicted octanol–water partition coefficient (Wildman–Crippen LogP) is 3.01. The highest BCUT2D eigenvalue weighted by atomic mass is 32.2. The Labute approximate surface area is 287 Å². The first kappa shape index (κ1) is 36.7. The van der Waals surface area contributed by atoms with E-state index in [1.54, 1.807) is 37.3 Å². The van der Waals surface area contributed by atoms with Crippen LogP contribution >= 0.6 is 0 Å². The van der Waals surface area contributed by atoms with Crippen molar-refractivity contribution < 1.29 is 41.5 Å². The third-order valence-corrected chi connectivity index (χ3v) is 8.49. The SMILES string of the molecule is CCOC(=O)c1ccc(NC(=O)C(=O)NCc2ccc(/C=N\NC(=O)CN(Cc3ccccc3)S(=O)(=O)c3ccc(NC(C)=O)cc3)o2)cc1. The zero-order valence-electron chi connectivity index (χ0n) is 27.0. The van der Waals surface area contributed by atoms with E-state index in [1.807, 2.05) is 0 Å². The second kappa shape index (κ2) is 17.3. The van der Waals surface area contributed by atoms with Crippen molar-refractivity contribution in [2.45, 2.75) is 31.8 Å². The Morgan fingerprint density at radius 3 is 2.16 bits per heavy atom. The summed E-state index contributed by atoms with van der Waals surface area (Å²) in [6.07, 6.45) is 1.19. The van der Waals surface area contributed by atoms with Gasteiger partial charge in [0, 0.05) is 24.8 Å². The van der Waals surface area contributed by atoms with Gasteiger partial charge in [0.15, 0.2) is 0 Å². The van der Waals surface area contributed by atoms with Gasteiger partial charge < -0.3 is 25.1 Å². The van der Waals surface area contributed by atoms with Crippen LogP contribution in [-0.4, -0.2) is 61.7 Å². The second-order valence-electron chi connectivity index (χ2n) is 10.5. The van der Waals surface area contributed by atoms with Crippen LogP contribution in [0, 0.1) is 0 Å². The maximum absolute atomic E-state index is 13.5. The number of nitrogens with zero attached hydrogens (tertiary/aromatic N) is 2.